The minimum Gasteiger partial charge on any atom is -0.469 e. The second-order valence-corrected chi connectivity index (χ2v) is 6.58. The van der Waals surface area contributed by atoms with Crippen LogP contribution < -0.4 is 5.32 Å². The summed E-state index contributed by atoms with van der Waals surface area (Å²) in [7, 11) is 1.29. The number of rotatable bonds is 4. The number of methoxy groups -OCH3 is 1. The molecule has 1 fully saturated rings. The summed E-state index contributed by atoms with van der Waals surface area (Å²) in [5, 5.41) is 10.6. The fourth-order valence-electron chi connectivity index (χ4n) is 1.71. The number of ether oxygens (including phenoxy) is 1. The lowest BCUT2D eigenvalue weighted by molar-refractivity contribution is -0.141. The minimum atomic E-state index is -0.521. The Bertz CT molecular complexity index is 660. The van der Waals surface area contributed by atoms with Gasteiger partial charge >= 0.3 is 5.97 Å². The van der Waals surface area contributed by atoms with Gasteiger partial charge in [0.1, 0.15) is 5.25 Å². The van der Waals surface area contributed by atoms with Gasteiger partial charge in [0.2, 0.25) is 5.91 Å². The third-order valence-corrected chi connectivity index (χ3v) is 4.45. The summed E-state index contributed by atoms with van der Waals surface area (Å²) in [4.78, 5) is 22.9. The van der Waals surface area contributed by atoms with Gasteiger partial charge in [-0.15, -0.1) is 5.10 Å². The number of nitrogens with one attached hydrogen (secondary N) is 1. The molecule has 0 bridgehead atoms. The largest absolute Gasteiger partial charge is 0.469 e. The summed E-state index contributed by atoms with van der Waals surface area (Å²) in [6.07, 6.45) is 0.0142. The number of carbonyl (C=O) groups excluding carboxylic acids is 2. The number of amides is 1. The predicted molar refractivity (Wildman–Crippen MR) is 89.9 cm³/mol. The van der Waals surface area contributed by atoms with Gasteiger partial charge in [-0.2, -0.15) is 5.10 Å². The van der Waals surface area contributed by atoms with E-state index in [1.807, 2.05) is 31.2 Å². The third-order valence-electron chi connectivity index (χ3n) is 2.89. The molecule has 116 valence electrons. The molecule has 22 heavy (non-hydrogen) atoms. The fraction of sp³-hybridized carbons (Fsp3) is 0.286. The lowest BCUT2D eigenvalue weighted by atomic mass is 10.1. The molecule has 1 aromatic carbocycles. The van der Waals surface area contributed by atoms with Crippen LogP contribution in [0.4, 0.5) is 0 Å². The summed E-state index contributed by atoms with van der Waals surface area (Å²) in [5.41, 5.74) is 1.65. The van der Waals surface area contributed by atoms with Crippen LogP contribution in [0.15, 0.2) is 38.9 Å². The quantitative estimate of drug-likeness (QED) is 0.491. The van der Waals surface area contributed by atoms with E-state index < -0.39 is 11.2 Å². The van der Waals surface area contributed by atoms with Crippen LogP contribution in [0.3, 0.4) is 0 Å². The van der Waals surface area contributed by atoms with Gasteiger partial charge in [0.05, 0.1) is 19.2 Å². The molecule has 1 atom stereocenters. The van der Waals surface area contributed by atoms with Gasteiger partial charge < -0.3 is 10.1 Å². The molecule has 6 nitrogen and oxygen atoms in total. The molecule has 0 aliphatic carbocycles. The molecule has 1 heterocycles. The molecule has 0 aromatic heterocycles. The fourth-order valence-corrected chi connectivity index (χ4v) is 3.01. The third kappa shape index (κ3) is 4.41. The van der Waals surface area contributed by atoms with Crippen LogP contribution in [0.25, 0.3) is 0 Å². The van der Waals surface area contributed by atoms with E-state index in [1.54, 1.807) is 0 Å². The maximum atomic E-state index is 11.7. The van der Waals surface area contributed by atoms with Crippen LogP contribution in [0.5, 0.6) is 0 Å². The van der Waals surface area contributed by atoms with Crippen LogP contribution in [0, 0.1) is 0 Å². The van der Waals surface area contributed by atoms with Crippen LogP contribution in [0.1, 0.15) is 18.9 Å². The highest BCUT2D eigenvalue weighted by molar-refractivity contribution is 9.10. The molecule has 1 aliphatic rings. The Hall–Kier alpha value is -1.67. The van der Waals surface area contributed by atoms with E-state index in [1.165, 1.54) is 18.9 Å². The van der Waals surface area contributed by atoms with Gasteiger partial charge in [-0.3, -0.25) is 9.59 Å². The average Bonchev–Trinajstić information content (AvgIpc) is 2.84. The van der Waals surface area contributed by atoms with Gasteiger partial charge in [-0.05, 0) is 24.6 Å². The zero-order chi connectivity index (χ0) is 16.1. The Morgan fingerprint density at radius 2 is 2.27 bits per heavy atom. The highest BCUT2D eigenvalue weighted by Gasteiger charge is 2.32. The van der Waals surface area contributed by atoms with Crippen molar-refractivity contribution in [3.8, 4) is 0 Å². The maximum Gasteiger partial charge on any atom is 0.307 e. The second-order valence-electron chi connectivity index (χ2n) is 4.48. The average molecular weight is 384 g/mol. The lowest BCUT2D eigenvalue weighted by Gasteiger charge is -2.01. The zero-order valence-corrected chi connectivity index (χ0v) is 14.4. The van der Waals surface area contributed by atoms with Crippen molar-refractivity contribution in [3.05, 3.63) is 34.3 Å². The number of amidine groups is 1. The van der Waals surface area contributed by atoms with E-state index in [2.05, 4.69) is 36.2 Å². The Labute approximate surface area is 140 Å². The number of carbonyl (C=O) groups is 2. The summed E-state index contributed by atoms with van der Waals surface area (Å²) in [6.45, 7) is 1.83. The van der Waals surface area contributed by atoms with E-state index in [0.29, 0.717) is 5.17 Å². The van der Waals surface area contributed by atoms with Crippen LogP contribution in [-0.4, -0.2) is 35.1 Å². The lowest BCUT2D eigenvalue weighted by Crippen LogP contribution is -2.26. The summed E-state index contributed by atoms with van der Waals surface area (Å²) < 4.78 is 5.51. The van der Waals surface area contributed by atoms with E-state index in [9.17, 15) is 9.59 Å². The van der Waals surface area contributed by atoms with Crippen molar-refractivity contribution in [1.82, 2.24) is 5.32 Å². The van der Waals surface area contributed by atoms with Crippen molar-refractivity contribution < 1.29 is 14.3 Å². The highest BCUT2D eigenvalue weighted by Crippen LogP contribution is 2.23. The number of hydrogen-bond acceptors (Lipinski definition) is 6. The molecule has 0 spiro atoms. The summed E-state index contributed by atoms with van der Waals surface area (Å²) in [5.74, 6) is -0.688. The molecule has 1 amide bonds. The smallest absolute Gasteiger partial charge is 0.307 e. The topological polar surface area (TPSA) is 80.1 Å². The Balaban J connectivity index is 2.06. The molecule has 1 unspecified atom stereocenters. The SMILES string of the molecule is COC(=O)CC1S/C(=N\N=C(/C)c2cccc(Br)c2)NC1=O. The van der Waals surface area contributed by atoms with Crippen LogP contribution in [-0.2, 0) is 14.3 Å². The van der Waals surface area contributed by atoms with Crippen molar-refractivity contribution in [2.75, 3.05) is 7.11 Å². The van der Waals surface area contributed by atoms with Crippen molar-refractivity contribution in [2.45, 2.75) is 18.6 Å². The molecular weight excluding hydrogens is 370 g/mol. The molecular formula is C14H14BrN3O3S. The summed E-state index contributed by atoms with van der Waals surface area (Å²) >= 11 is 4.57. The standard InChI is InChI=1S/C14H14BrN3O3S/c1-8(9-4-3-5-10(15)6-9)17-18-14-16-13(20)11(22-14)7-12(19)21-2/h3-6,11H,7H2,1-2H3,(H,16,18,20)/b17-8+. The summed E-state index contributed by atoms with van der Waals surface area (Å²) in [6, 6.07) is 7.68. The van der Waals surface area contributed by atoms with Gasteiger partial charge in [-0.1, -0.05) is 39.8 Å². The second kappa shape index (κ2) is 7.55. The first-order chi connectivity index (χ1) is 10.5. The Morgan fingerprint density at radius 1 is 1.50 bits per heavy atom. The van der Waals surface area contributed by atoms with E-state index in [0.717, 1.165) is 15.7 Å². The molecule has 1 saturated heterocycles. The minimum absolute atomic E-state index is 0.0142. The first-order valence-corrected chi connectivity index (χ1v) is 8.09. The van der Waals surface area contributed by atoms with Gasteiger partial charge in [0.15, 0.2) is 5.17 Å². The number of esters is 1. The normalized spacial score (nSPS) is 20.1. The van der Waals surface area contributed by atoms with Crippen LogP contribution >= 0.6 is 27.7 Å². The Kier molecular flexibility index (Phi) is 5.73. The van der Waals surface area contributed by atoms with Crippen LogP contribution in [0.2, 0.25) is 0 Å². The monoisotopic (exact) mass is 383 g/mol. The molecule has 1 aliphatic heterocycles. The van der Waals surface area contributed by atoms with E-state index >= 15 is 0 Å². The molecule has 0 radical (unpaired) electrons. The number of nitrogens with zero attached hydrogens (tertiary/aromatic N) is 2. The first-order valence-electron chi connectivity index (χ1n) is 6.42. The van der Waals surface area contributed by atoms with Crippen molar-refractivity contribution in [1.29, 1.82) is 0 Å². The van der Waals surface area contributed by atoms with Gasteiger partial charge in [-0.25, -0.2) is 0 Å². The van der Waals surface area contributed by atoms with Crippen molar-refractivity contribution in [3.63, 3.8) is 0 Å². The van der Waals surface area contributed by atoms with Crippen molar-refractivity contribution in [2.24, 2.45) is 10.2 Å². The number of hydrogen-bond donors (Lipinski definition) is 1. The van der Waals surface area contributed by atoms with E-state index in [-0.39, 0.29) is 12.3 Å². The number of benzene rings is 1. The molecule has 0 saturated carbocycles. The molecule has 1 aromatic rings. The number of halogens is 1. The maximum absolute atomic E-state index is 11.7. The van der Waals surface area contributed by atoms with Gasteiger partial charge in [0, 0.05) is 4.47 Å². The molecule has 2 rings (SSSR count). The van der Waals surface area contributed by atoms with Gasteiger partial charge in [0.25, 0.3) is 0 Å². The molecule has 1 N–H and O–H groups in total. The molecule has 8 heteroatoms. The highest BCUT2D eigenvalue weighted by atomic mass is 79.9. The first kappa shape index (κ1) is 16.7. The van der Waals surface area contributed by atoms with E-state index in [4.69, 9.17) is 0 Å². The number of thioether (sulfide) groups is 1. The predicted octanol–water partition coefficient (Wildman–Crippen LogP) is 2.32. The van der Waals surface area contributed by atoms with Crippen molar-refractivity contribution >= 4 is 50.4 Å². The zero-order valence-electron chi connectivity index (χ0n) is 12.0. The Morgan fingerprint density at radius 3 is 2.95 bits per heavy atom.